The summed E-state index contributed by atoms with van der Waals surface area (Å²) in [7, 11) is 1.52. The summed E-state index contributed by atoms with van der Waals surface area (Å²) in [5, 5.41) is 2.68. The Kier molecular flexibility index (Phi) is 7.15. The molecule has 8 heteroatoms. The third-order valence-corrected chi connectivity index (χ3v) is 4.18. The van der Waals surface area contributed by atoms with Crippen molar-refractivity contribution >= 4 is 18.0 Å². The smallest absolute Gasteiger partial charge is 0.344 e. The van der Waals surface area contributed by atoms with Gasteiger partial charge >= 0.3 is 5.97 Å². The minimum atomic E-state index is -0.659. The molecule has 158 valence electrons. The molecule has 0 atom stereocenters. The summed E-state index contributed by atoms with van der Waals surface area (Å²) in [4.78, 5) is 23.8. The Labute approximate surface area is 174 Å². The zero-order valence-corrected chi connectivity index (χ0v) is 16.8. The van der Waals surface area contributed by atoms with Gasteiger partial charge in [-0.2, -0.15) is 0 Å². The molecule has 0 fully saturated rings. The number of rotatable bonds is 9. The van der Waals surface area contributed by atoms with Crippen molar-refractivity contribution in [2.45, 2.75) is 13.5 Å². The monoisotopic (exact) mass is 413 g/mol. The third kappa shape index (κ3) is 5.66. The molecule has 30 heavy (non-hydrogen) atoms. The minimum Gasteiger partial charge on any atom is -0.493 e. The summed E-state index contributed by atoms with van der Waals surface area (Å²) < 4.78 is 26.2. The maximum absolute atomic E-state index is 11.9. The first-order valence-electron chi connectivity index (χ1n) is 9.33. The summed E-state index contributed by atoms with van der Waals surface area (Å²) in [5.41, 5.74) is 1.79. The highest BCUT2D eigenvalue weighted by atomic mass is 16.7. The number of fused-ring (bicyclic) bond motifs is 1. The van der Waals surface area contributed by atoms with Crippen LogP contribution in [-0.2, 0) is 20.9 Å². The van der Waals surface area contributed by atoms with Crippen LogP contribution in [0.1, 0.15) is 18.1 Å². The van der Waals surface area contributed by atoms with Gasteiger partial charge in [-0.1, -0.05) is 24.3 Å². The average molecular weight is 413 g/mol. The number of ether oxygens (including phenoxy) is 5. The van der Waals surface area contributed by atoms with Gasteiger partial charge in [-0.15, -0.1) is 0 Å². The van der Waals surface area contributed by atoms with Crippen LogP contribution < -0.4 is 24.3 Å². The normalized spacial score (nSPS) is 11.9. The van der Waals surface area contributed by atoms with E-state index in [1.54, 1.807) is 24.3 Å². The van der Waals surface area contributed by atoms with Crippen LogP contribution in [0.15, 0.2) is 42.5 Å². The molecule has 1 aliphatic heterocycles. The van der Waals surface area contributed by atoms with Crippen LogP contribution in [0.2, 0.25) is 0 Å². The molecule has 2 aromatic rings. The lowest BCUT2D eigenvalue weighted by atomic mass is 10.2. The van der Waals surface area contributed by atoms with Gasteiger partial charge in [0, 0.05) is 6.54 Å². The van der Waals surface area contributed by atoms with Crippen molar-refractivity contribution in [1.82, 2.24) is 5.32 Å². The summed E-state index contributed by atoms with van der Waals surface area (Å²) in [6.45, 7) is 1.64. The van der Waals surface area contributed by atoms with Crippen molar-refractivity contribution in [3.05, 3.63) is 53.6 Å². The fraction of sp³-hybridized carbons (Fsp3) is 0.273. The maximum Gasteiger partial charge on any atom is 0.344 e. The second kappa shape index (κ2) is 10.2. The Morgan fingerprint density at radius 1 is 1.07 bits per heavy atom. The lowest BCUT2D eigenvalue weighted by Gasteiger charge is -2.11. The molecular weight excluding hydrogens is 390 g/mol. The zero-order valence-electron chi connectivity index (χ0n) is 16.8. The molecule has 8 nitrogen and oxygen atoms in total. The maximum atomic E-state index is 11.9. The summed E-state index contributed by atoms with van der Waals surface area (Å²) in [6.07, 6.45) is 3.83. The van der Waals surface area contributed by atoms with E-state index >= 15 is 0 Å². The largest absolute Gasteiger partial charge is 0.493 e. The predicted octanol–water partition coefficient (Wildman–Crippen LogP) is 2.70. The summed E-state index contributed by atoms with van der Waals surface area (Å²) in [6, 6.07) is 10.7. The van der Waals surface area contributed by atoms with Crippen LogP contribution in [0.5, 0.6) is 23.0 Å². The number of hydrogen-bond donors (Lipinski definition) is 1. The zero-order chi connectivity index (χ0) is 21.3. The number of amides is 1. The van der Waals surface area contributed by atoms with E-state index in [9.17, 15) is 9.59 Å². The molecule has 0 aromatic heterocycles. The van der Waals surface area contributed by atoms with Gasteiger partial charge < -0.3 is 29.0 Å². The molecule has 0 bridgehead atoms. The predicted molar refractivity (Wildman–Crippen MR) is 109 cm³/mol. The Hall–Kier alpha value is -3.68. The van der Waals surface area contributed by atoms with Crippen LogP contribution in [0.3, 0.4) is 0 Å². The van der Waals surface area contributed by atoms with Crippen molar-refractivity contribution in [3.63, 3.8) is 0 Å². The first-order chi connectivity index (χ1) is 14.6. The highest BCUT2D eigenvalue weighted by molar-refractivity contribution is 5.81. The van der Waals surface area contributed by atoms with E-state index in [4.69, 9.17) is 23.7 Å². The molecule has 2 aromatic carbocycles. The van der Waals surface area contributed by atoms with Crippen LogP contribution in [-0.4, -0.2) is 39.0 Å². The third-order valence-electron chi connectivity index (χ3n) is 4.18. The van der Waals surface area contributed by atoms with Crippen LogP contribution in [0.4, 0.5) is 0 Å². The SMILES string of the molecule is C/C=C/c1ccc(OCC(=O)OCC(=O)NCc2ccc3c(c2)OCO3)c(OC)c1. The fourth-order valence-corrected chi connectivity index (χ4v) is 2.73. The second-order valence-electron chi connectivity index (χ2n) is 6.32. The van der Waals surface area contributed by atoms with Gasteiger partial charge in [-0.05, 0) is 42.3 Å². The van der Waals surface area contributed by atoms with Gasteiger partial charge in [-0.25, -0.2) is 4.79 Å². The number of hydrogen-bond acceptors (Lipinski definition) is 7. The lowest BCUT2D eigenvalue weighted by molar-refractivity contribution is -0.150. The van der Waals surface area contributed by atoms with Crippen molar-refractivity contribution in [2.24, 2.45) is 0 Å². The molecule has 0 aliphatic carbocycles. The highest BCUT2D eigenvalue weighted by Crippen LogP contribution is 2.32. The molecule has 0 saturated carbocycles. The first-order valence-corrected chi connectivity index (χ1v) is 9.33. The Bertz CT molecular complexity index is 939. The molecule has 1 heterocycles. The molecule has 3 rings (SSSR count). The van der Waals surface area contributed by atoms with E-state index in [0.717, 1.165) is 11.1 Å². The number of esters is 1. The van der Waals surface area contributed by atoms with Gasteiger partial charge in [0.1, 0.15) is 0 Å². The van der Waals surface area contributed by atoms with Crippen LogP contribution in [0, 0.1) is 0 Å². The average Bonchev–Trinajstić information content (AvgIpc) is 3.23. The molecule has 0 unspecified atom stereocenters. The lowest BCUT2D eigenvalue weighted by Crippen LogP contribution is -2.29. The van der Waals surface area contributed by atoms with E-state index in [-0.39, 0.29) is 19.9 Å². The van der Waals surface area contributed by atoms with E-state index in [0.29, 0.717) is 23.0 Å². The second-order valence-corrected chi connectivity index (χ2v) is 6.32. The number of carbonyl (C=O) groups is 2. The molecule has 0 saturated heterocycles. The van der Waals surface area contributed by atoms with E-state index < -0.39 is 18.5 Å². The summed E-state index contributed by atoms with van der Waals surface area (Å²) >= 11 is 0. The Balaban J connectivity index is 1.40. The standard InChI is InChI=1S/C22H23NO7/c1-3-4-15-5-7-17(19(9-15)26-2)27-13-22(25)28-12-21(24)23-11-16-6-8-18-20(10-16)30-14-29-18/h3-10H,11-14H2,1-2H3,(H,23,24)/b4-3+. The molecule has 1 aliphatic rings. The molecule has 1 amide bonds. The highest BCUT2D eigenvalue weighted by Gasteiger charge is 2.14. The number of methoxy groups -OCH3 is 1. The number of nitrogens with one attached hydrogen (secondary N) is 1. The fourth-order valence-electron chi connectivity index (χ4n) is 2.73. The van der Waals surface area contributed by atoms with E-state index in [1.165, 1.54) is 7.11 Å². The van der Waals surface area contributed by atoms with Crippen molar-refractivity contribution in [1.29, 1.82) is 0 Å². The molecule has 0 spiro atoms. The Morgan fingerprint density at radius 3 is 2.70 bits per heavy atom. The number of benzene rings is 2. The van der Waals surface area contributed by atoms with Gasteiger partial charge in [0.2, 0.25) is 6.79 Å². The Morgan fingerprint density at radius 2 is 1.90 bits per heavy atom. The number of carbonyl (C=O) groups excluding carboxylic acids is 2. The van der Waals surface area contributed by atoms with Crippen LogP contribution >= 0.6 is 0 Å². The van der Waals surface area contributed by atoms with Gasteiger partial charge in [0.25, 0.3) is 5.91 Å². The van der Waals surface area contributed by atoms with Gasteiger partial charge in [-0.3, -0.25) is 4.79 Å². The van der Waals surface area contributed by atoms with Crippen molar-refractivity contribution < 1.29 is 33.3 Å². The van der Waals surface area contributed by atoms with E-state index in [2.05, 4.69) is 5.32 Å². The van der Waals surface area contributed by atoms with Crippen molar-refractivity contribution in [3.8, 4) is 23.0 Å². The first kappa shape index (κ1) is 21.0. The van der Waals surface area contributed by atoms with E-state index in [1.807, 2.05) is 31.2 Å². The topological polar surface area (TPSA) is 92.3 Å². The quantitative estimate of drug-likeness (QED) is 0.632. The van der Waals surface area contributed by atoms with Crippen molar-refractivity contribution in [2.75, 3.05) is 27.1 Å². The summed E-state index contributed by atoms with van der Waals surface area (Å²) in [5.74, 6) is 1.14. The molecule has 1 N–H and O–H groups in total. The number of allylic oxidation sites excluding steroid dienone is 1. The van der Waals surface area contributed by atoms with Crippen LogP contribution in [0.25, 0.3) is 6.08 Å². The molecule has 0 radical (unpaired) electrons. The molecular formula is C22H23NO7. The van der Waals surface area contributed by atoms with Gasteiger partial charge in [0.05, 0.1) is 7.11 Å². The minimum absolute atomic E-state index is 0.189. The van der Waals surface area contributed by atoms with Gasteiger partial charge in [0.15, 0.2) is 36.2 Å².